The zero-order valence-corrected chi connectivity index (χ0v) is 16.4. The molecule has 5 rings (SSSR count). The van der Waals surface area contributed by atoms with Gasteiger partial charge in [0, 0.05) is 48.2 Å². The first-order chi connectivity index (χ1) is 14.3. The third-order valence-electron chi connectivity index (χ3n) is 6.55. The molecule has 0 aromatic carbocycles. The highest BCUT2D eigenvalue weighted by Crippen LogP contribution is 2.45. The number of aromatic amines is 1. The van der Waals surface area contributed by atoms with Gasteiger partial charge in [0.15, 0.2) is 0 Å². The van der Waals surface area contributed by atoms with Crippen LogP contribution in [0.25, 0.3) is 11.3 Å². The fraction of sp³-hybridized carbons (Fsp3) is 0.450. The van der Waals surface area contributed by atoms with E-state index in [1.165, 1.54) is 6.20 Å². The molecular weight excluding hydrogens is 395 g/mol. The minimum atomic E-state index is -4.55. The molecule has 10 heteroatoms. The second kappa shape index (κ2) is 6.56. The molecule has 0 amide bonds. The number of nitrogen functional groups attached to an aromatic ring is 1. The number of likely N-dealkylation sites (tertiary alicyclic amines) is 1. The molecule has 1 spiro atoms. The molecule has 30 heavy (non-hydrogen) atoms. The molecular formula is C20H22F3N7. The van der Waals surface area contributed by atoms with Crippen molar-refractivity contribution in [2.75, 3.05) is 18.8 Å². The first kappa shape index (κ1) is 19.1. The second-order valence-corrected chi connectivity index (χ2v) is 8.23. The number of halogens is 3. The Hall–Kier alpha value is -2.88. The maximum Gasteiger partial charge on any atom is 0.419 e. The van der Waals surface area contributed by atoms with E-state index in [4.69, 9.17) is 5.73 Å². The van der Waals surface area contributed by atoms with E-state index in [0.717, 1.165) is 49.9 Å². The molecule has 1 saturated heterocycles. The van der Waals surface area contributed by atoms with E-state index >= 15 is 0 Å². The van der Waals surface area contributed by atoms with Crippen molar-refractivity contribution in [3.63, 3.8) is 0 Å². The molecule has 3 N–H and O–H groups in total. The summed E-state index contributed by atoms with van der Waals surface area (Å²) in [5, 5.41) is 4.59. The summed E-state index contributed by atoms with van der Waals surface area (Å²) in [5.74, 6) is -0.520. The molecule has 7 nitrogen and oxygen atoms in total. The quantitative estimate of drug-likeness (QED) is 0.682. The zero-order valence-electron chi connectivity index (χ0n) is 16.4. The number of rotatable bonds is 3. The average Bonchev–Trinajstić information content (AvgIpc) is 3.48. The molecule has 0 aliphatic carbocycles. The largest absolute Gasteiger partial charge is 0.419 e. The van der Waals surface area contributed by atoms with E-state index < -0.39 is 17.6 Å². The third kappa shape index (κ3) is 2.97. The molecule has 3 aromatic rings. The lowest BCUT2D eigenvalue weighted by molar-refractivity contribution is -0.137. The molecule has 2 aliphatic rings. The van der Waals surface area contributed by atoms with Crippen molar-refractivity contribution in [3.05, 3.63) is 47.8 Å². The number of hydrogen-bond acceptors (Lipinski definition) is 5. The van der Waals surface area contributed by atoms with Crippen LogP contribution in [0.2, 0.25) is 0 Å². The highest BCUT2D eigenvalue weighted by molar-refractivity contribution is 5.63. The van der Waals surface area contributed by atoms with Gasteiger partial charge in [0.05, 0.1) is 23.3 Å². The number of anilines is 1. The molecule has 2 atom stereocenters. The Morgan fingerprint density at radius 3 is 2.73 bits per heavy atom. The Morgan fingerprint density at radius 1 is 1.20 bits per heavy atom. The highest BCUT2D eigenvalue weighted by Gasteiger charge is 2.47. The van der Waals surface area contributed by atoms with Crippen LogP contribution in [0.4, 0.5) is 19.0 Å². The Labute approximate surface area is 171 Å². The van der Waals surface area contributed by atoms with Crippen molar-refractivity contribution in [2.45, 2.75) is 43.9 Å². The highest BCUT2D eigenvalue weighted by atomic mass is 19.4. The van der Waals surface area contributed by atoms with Gasteiger partial charge in [-0.05, 0) is 38.4 Å². The number of fused-ring (bicyclic) bond motifs is 2. The van der Waals surface area contributed by atoms with Crippen LogP contribution in [0.1, 0.15) is 42.8 Å². The van der Waals surface area contributed by atoms with Crippen LogP contribution in [-0.2, 0) is 18.1 Å². The molecule has 0 saturated carbocycles. The first-order valence-corrected chi connectivity index (χ1v) is 9.91. The van der Waals surface area contributed by atoms with E-state index in [1.54, 1.807) is 6.33 Å². The summed E-state index contributed by atoms with van der Waals surface area (Å²) in [4.78, 5) is 13.5. The number of aromatic nitrogens is 5. The van der Waals surface area contributed by atoms with Crippen LogP contribution in [0.3, 0.4) is 0 Å². The molecule has 5 heterocycles. The number of alkyl halides is 3. The molecule has 1 fully saturated rings. The predicted molar refractivity (Wildman–Crippen MR) is 104 cm³/mol. The van der Waals surface area contributed by atoms with Crippen LogP contribution in [-0.4, -0.2) is 42.7 Å². The second-order valence-electron chi connectivity index (χ2n) is 8.23. The topological polar surface area (TPSA) is 88.7 Å². The summed E-state index contributed by atoms with van der Waals surface area (Å²) in [5.41, 5.74) is 7.46. The van der Waals surface area contributed by atoms with Gasteiger partial charge >= 0.3 is 6.18 Å². The Morgan fingerprint density at radius 2 is 2.00 bits per heavy atom. The fourth-order valence-corrected chi connectivity index (χ4v) is 4.79. The van der Waals surface area contributed by atoms with Gasteiger partial charge in [0.1, 0.15) is 5.82 Å². The number of nitrogens with zero attached hydrogens (tertiary/aromatic N) is 5. The summed E-state index contributed by atoms with van der Waals surface area (Å²) in [6.07, 6.45) is 2.31. The van der Waals surface area contributed by atoms with E-state index in [9.17, 15) is 13.2 Å². The zero-order chi connectivity index (χ0) is 21.1. The number of aryl methyl sites for hydroxylation is 1. The van der Waals surface area contributed by atoms with Crippen molar-refractivity contribution in [3.8, 4) is 11.3 Å². The lowest BCUT2D eigenvalue weighted by Crippen LogP contribution is -2.31. The van der Waals surface area contributed by atoms with Crippen LogP contribution in [0, 0.1) is 0 Å². The van der Waals surface area contributed by atoms with Crippen molar-refractivity contribution >= 4 is 5.82 Å². The summed E-state index contributed by atoms with van der Waals surface area (Å²) in [6.45, 7) is 4.74. The average molecular weight is 417 g/mol. The lowest BCUT2D eigenvalue weighted by atomic mass is 9.82. The van der Waals surface area contributed by atoms with Crippen molar-refractivity contribution in [1.29, 1.82) is 0 Å². The molecule has 2 aliphatic heterocycles. The minimum Gasteiger partial charge on any atom is -0.383 e. The number of pyridine rings is 1. The van der Waals surface area contributed by atoms with Gasteiger partial charge in [-0.1, -0.05) is 0 Å². The minimum absolute atomic E-state index is 0.0341. The maximum absolute atomic E-state index is 13.2. The van der Waals surface area contributed by atoms with Crippen LogP contribution in [0.5, 0.6) is 0 Å². The molecule has 3 aromatic heterocycles. The molecule has 0 bridgehead atoms. The van der Waals surface area contributed by atoms with E-state index in [-0.39, 0.29) is 11.5 Å². The fourth-order valence-electron chi connectivity index (χ4n) is 4.79. The van der Waals surface area contributed by atoms with Gasteiger partial charge in [-0.3, -0.25) is 9.58 Å². The lowest BCUT2D eigenvalue weighted by Gasteiger charge is -2.27. The Balaban J connectivity index is 1.44. The van der Waals surface area contributed by atoms with Crippen molar-refractivity contribution in [2.24, 2.45) is 0 Å². The van der Waals surface area contributed by atoms with Crippen molar-refractivity contribution < 1.29 is 13.2 Å². The molecule has 158 valence electrons. The molecule has 1 unspecified atom stereocenters. The van der Waals surface area contributed by atoms with Crippen molar-refractivity contribution in [1.82, 2.24) is 29.6 Å². The predicted octanol–water partition coefficient (Wildman–Crippen LogP) is 3.38. The number of nitrogens with two attached hydrogens (primary N) is 1. The summed E-state index contributed by atoms with van der Waals surface area (Å²) < 4.78 is 41.6. The smallest absolute Gasteiger partial charge is 0.383 e. The van der Waals surface area contributed by atoms with Gasteiger partial charge in [-0.25, -0.2) is 9.97 Å². The van der Waals surface area contributed by atoms with E-state index in [1.807, 2.05) is 16.9 Å². The number of imidazole rings is 1. The van der Waals surface area contributed by atoms with Gasteiger partial charge < -0.3 is 10.7 Å². The van der Waals surface area contributed by atoms with Gasteiger partial charge in [0.25, 0.3) is 0 Å². The summed E-state index contributed by atoms with van der Waals surface area (Å²) in [6, 6.07) is 3.18. The monoisotopic (exact) mass is 417 g/mol. The van der Waals surface area contributed by atoms with Crippen LogP contribution in [0.15, 0.2) is 30.9 Å². The number of hydrogen-bond donors (Lipinski definition) is 2. The summed E-state index contributed by atoms with van der Waals surface area (Å²) in [7, 11) is 0. The molecule has 0 radical (unpaired) electrons. The first-order valence-electron chi connectivity index (χ1n) is 9.91. The van der Waals surface area contributed by atoms with Gasteiger partial charge in [0.2, 0.25) is 0 Å². The van der Waals surface area contributed by atoms with Crippen LogP contribution >= 0.6 is 0 Å². The van der Waals surface area contributed by atoms with E-state index in [2.05, 4.69) is 31.9 Å². The van der Waals surface area contributed by atoms with Gasteiger partial charge in [-0.15, -0.1) is 0 Å². The standard InChI is InChI=1S/C20H22F3N7/c1-12(16-9-25-11-27-16)29-4-2-19(10-29)3-5-30-17(19)7-15(28-30)13-6-14(20(21,22)23)18(24)26-8-13/h6-9,11-12H,2-5,10H2,1H3,(H2,24,26)(H,25,27)/t12?,19-/m1/s1. The Bertz CT molecular complexity index is 1070. The van der Waals surface area contributed by atoms with E-state index in [0.29, 0.717) is 11.3 Å². The normalized spacial score (nSPS) is 22.7. The number of H-pyrrole nitrogens is 1. The summed E-state index contributed by atoms with van der Waals surface area (Å²) >= 11 is 0. The third-order valence-corrected chi connectivity index (χ3v) is 6.55. The number of nitrogens with one attached hydrogen (secondary N) is 1. The Kier molecular flexibility index (Phi) is 4.18. The maximum atomic E-state index is 13.2. The SMILES string of the molecule is CC(c1cnc[nH]1)N1CC[C@@]2(CCn3nc(-c4cnc(N)c(C(F)(F)F)c4)cc32)C1. The van der Waals surface area contributed by atoms with Crippen LogP contribution < -0.4 is 5.73 Å². The van der Waals surface area contributed by atoms with Gasteiger partial charge in [-0.2, -0.15) is 18.3 Å².